The van der Waals surface area contributed by atoms with Crippen molar-refractivity contribution in [2.75, 3.05) is 0 Å². The van der Waals surface area contributed by atoms with E-state index in [0.717, 1.165) is 0 Å². The Morgan fingerprint density at radius 1 is 1.25 bits per heavy atom. The number of Topliss-reactive ketones (excluding diaryl/α,β-unsaturated/α-hetero) is 1. The summed E-state index contributed by atoms with van der Waals surface area (Å²) < 4.78 is 5.03. The number of aldehydes is 1. The molecule has 4 heteroatoms. The lowest BCUT2D eigenvalue weighted by Crippen LogP contribution is -2.31. The molecule has 1 aromatic rings. The minimum atomic E-state index is -1.33. The Balaban J connectivity index is 2.45. The maximum absolute atomic E-state index is 11.9. The summed E-state index contributed by atoms with van der Waals surface area (Å²) in [5.41, 5.74) is -0.748. The zero-order valence-corrected chi connectivity index (χ0v) is 8.67. The summed E-state index contributed by atoms with van der Waals surface area (Å²) in [4.78, 5) is 33.8. The van der Waals surface area contributed by atoms with Crippen LogP contribution in [0.3, 0.4) is 0 Å². The molecule has 0 saturated carbocycles. The quantitative estimate of drug-likeness (QED) is 0.419. The predicted octanol–water partition coefficient (Wildman–Crippen LogP) is 0.843. The highest BCUT2D eigenvalue weighted by atomic mass is 16.6. The molecule has 1 heterocycles. The molecular formula is C12H10O4. The van der Waals surface area contributed by atoms with Crippen LogP contribution >= 0.6 is 0 Å². The number of hydrogen-bond donors (Lipinski definition) is 0. The van der Waals surface area contributed by atoms with Gasteiger partial charge in [-0.15, -0.1) is 0 Å². The fraction of sp³-hybridized carbons (Fsp3) is 0.250. The number of benzene rings is 1. The van der Waals surface area contributed by atoms with Crippen molar-refractivity contribution in [3.8, 4) is 0 Å². The van der Waals surface area contributed by atoms with E-state index in [4.69, 9.17) is 4.74 Å². The lowest BCUT2D eigenvalue weighted by Gasteiger charge is -2.20. The zero-order valence-electron chi connectivity index (χ0n) is 8.67. The van der Waals surface area contributed by atoms with Crippen molar-refractivity contribution in [1.29, 1.82) is 0 Å². The van der Waals surface area contributed by atoms with Gasteiger partial charge in [0.1, 0.15) is 6.29 Å². The molecule has 0 bridgehead atoms. The van der Waals surface area contributed by atoms with Gasteiger partial charge in [-0.1, -0.05) is 30.3 Å². The number of ether oxygens (including phenoxy) is 1. The van der Waals surface area contributed by atoms with Crippen LogP contribution in [0.5, 0.6) is 0 Å². The third-order valence-corrected chi connectivity index (χ3v) is 2.77. The third kappa shape index (κ3) is 1.34. The van der Waals surface area contributed by atoms with Gasteiger partial charge in [0, 0.05) is 5.56 Å². The Morgan fingerprint density at radius 3 is 2.38 bits per heavy atom. The molecule has 0 radical (unpaired) electrons. The van der Waals surface area contributed by atoms with Gasteiger partial charge < -0.3 is 9.53 Å². The highest BCUT2D eigenvalue weighted by molar-refractivity contribution is 6.18. The molecule has 2 atom stereocenters. The van der Waals surface area contributed by atoms with E-state index in [9.17, 15) is 14.4 Å². The fourth-order valence-corrected chi connectivity index (χ4v) is 1.79. The first kappa shape index (κ1) is 10.5. The van der Waals surface area contributed by atoms with Crippen molar-refractivity contribution in [2.45, 2.75) is 12.5 Å². The Hall–Kier alpha value is -1.97. The van der Waals surface area contributed by atoms with E-state index in [2.05, 4.69) is 0 Å². The summed E-state index contributed by atoms with van der Waals surface area (Å²) in [6.07, 6.45) is 0.332. The van der Waals surface area contributed by atoms with Crippen LogP contribution in [-0.2, 0) is 24.7 Å². The summed E-state index contributed by atoms with van der Waals surface area (Å²) in [5.74, 6) is -2.56. The standard InChI is InChI=1S/C12H10O4/c1-12(8-5-3-2-4-6-8)10(14)9(7-13)11(15)16-12/h2-7,9H,1H3. The minimum absolute atomic E-state index is 0.332. The first-order valence-corrected chi connectivity index (χ1v) is 4.87. The Labute approximate surface area is 92.2 Å². The van der Waals surface area contributed by atoms with E-state index in [1.54, 1.807) is 30.3 Å². The summed E-state index contributed by atoms with van der Waals surface area (Å²) in [6.45, 7) is 1.51. The smallest absolute Gasteiger partial charge is 0.325 e. The SMILES string of the molecule is CC1(c2ccccc2)OC(=O)C(C=O)C1=O. The molecule has 0 spiro atoms. The van der Waals surface area contributed by atoms with Gasteiger partial charge >= 0.3 is 5.97 Å². The molecule has 82 valence electrons. The first-order valence-electron chi connectivity index (χ1n) is 4.87. The van der Waals surface area contributed by atoms with Gasteiger partial charge in [-0.25, -0.2) is 0 Å². The molecule has 1 aliphatic rings. The molecule has 2 unspecified atom stereocenters. The van der Waals surface area contributed by atoms with Crippen molar-refractivity contribution in [2.24, 2.45) is 5.92 Å². The summed E-state index contributed by atoms with van der Waals surface area (Å²) in [7, 11) is 0. The molecule has 0 aliphatic carbocycles. The van der Waals surface area contributed by atoms with Gasteiger partial charge in [0.05, 0.1) is 0 Å². The van der Waals surface area contributed by atoms with E-state index in [0.29, 0.717) is 11.8 Å². The van der Waals surface area contributed by atoms with E-state index >= 15 is 0 Å². The second kappa shape index (κ2) is 3.56. The molecule has 16 heavy (non-hydrogen) atoms. The second-order valence-electron chi connectivity index (χ2n) is 3.80. The van der Waals surface area contributed by atoms with E-state index in [1.165, 1.54) is 6.92 Å². The predicted molar refractivity (Wildman–Crippen MR) is 54.4 cm³/mol. The van der Waals surface area contributed by atoms with Crippen LogP contribution in [0, 0.1) is 5.92 Å². The van der Waals surface area contributed by atoms with Gasteiger partial charge in [0.2, 0.25) is 5.78 Å². The molecule has 0 aromatic heterocycles. The highest BCUT2D eigenvalue weighted by Gasteiger charge is 2.53. The van der Waals surface area contributed by atoms with Crippen molar-refractivity contribution >= 4 is 18.0 Å². The van der Waals surface area contributed by atoms with Crippen LogP contribution in [0.15, 0.2) is 30.3 Å². The normalized spacial score (nSPS) is 28.9. The summed E-state index contributed by atoms with van der Waals surface area (Å²) >= 11 is 0. The molecular weight excluding hydrogens is 208 g/mol. The van der Waals surface area contributed by atoms with Crippen LogP contribution < -0.4 is 0 Å². The van der Waals surface area contributed by atoms with Gasteiger partial charge in [-0.2, -0.15) is 0 Å². The molecule has 0 amide bonds. The van der Waals surface area contributed by atoms with Crippen LogP contribution in [0.2, 0.25) is 0 Å². The van der Waals surface area contributed by atoms with E-state index in [1.807, 2.05) is 0 Å². The molecule has 2 rings (SSSR count). The number of carbonyl (C=O) groups excluding carboxylic acids is 3. The summed E-state index contributed by atoms with van der Waals surface area (Å²) in [6, 6.07) is 8.67. The van der Waals surface area contributed by atoms with E-state index < -0.39 is 23.3 Å². The summed E-state index contributed by atoms with van der Waals surface area (Å²) in [5, 5.41) is 0. The van der Waals surface area contributed by atoms with Crippen molar-refractivity contribution in [3.05, 3.63) is 35.9 Å². The number of cyclic esters (lactones) is 1. The van der Waals surface area contributed by atoms with Crippen molar-refractivity contribution in [3.63, 3.8) is 0 Å². The Morgan fingerprint density at radius 2 is 1.88 bits per heavy atom. The first-order chi connectivity index (χ1) is 7.59. The van der Waals surface area contributed by atoms with Crippen LogP contribution in [0.4, 0.5) is 0 Å². The molecule has 1 fully saturated rings. The number of esters is 1. The topological polar surface area (TPSA) is 60.4 Å². The van der Waals surface area contributed by atoms with Crippen molar-refractivity contribution in [1.82, 2.24) is 0 Å². The number of carbonyl (C=O) groups is 3. The molecule has 4 nitrogen and oxygen atoms in total. The Bertz CT molecular complexity index is 451. The zero-order chi connectivity index (χ0) is 11.8. The number of hydrogen-bond acceptors (Lipinski definition) is 4. The van der Waals surface area contributed by atoms with Gasteiger partial charge in [0.25, 0.3) is 0 Å². The lowest BCUT2D eigenvalue weighted by molar-refractivity contribution is -0.152. The minimum Gasteiger partial charge on any atom is -0.445 e. The van der Waals surface area contributed by atoms with Crippen LogP contribution in [-0.4, -0.2) is 18.0 Å². The molecule has 1 saturated heterocycles. The second-order valence-corrected chi connectivity index (χ2v) is 3.80. The fourth-order valence-electron chi connectivity index (χ4n) is 1.79. The van der Waals surface area contributed by atoms with Gasteiger partial charge in [0.15, 0.2) is 11.5 Å². The molecule has 0 N–H and O–H groups in total. The largest absolute Gasteiger partial charge is 0.445 e. The van der Waals surface area contributed by atoms with Crippen LogP contribution in [0.25, 0.3) is 0 Å². The molecule has 1 aliphatic heterocycles. The molecule has 1 aromatic carbocycles. The monoisotopic (exact) mass is 218 g/mol. The number of rotatable bonds is 2. The maximum Gasteiger partial charge on any atom is 0.325 e. The highest BCUT2D eigenvalue weighted by Crippen LogP contribution is 2.35. The van der Waals surface area contributed by atoms with E-state index in [-0.39, 0.29) is 0 Å². The number of ketones is 1. The Kier molecular flexibility index (Phi) is 2.34. The lowest BCUT2D eigenvalue weighted by atomic mass is 9.88. The average molecular weight is 218 g/mol. The van der Waals surface area contributed by atoms with Crippen molar-refractivity contribution < 1.29 is 19.1 Å². The average Bonchev–Trinajstić information content (AvgIpc) is 2.52. The van der Waals surface area contributed by atoms with Gasteiger partial charge in [-0.05, 0) is 6.92 Å². The van der Waals surface area contributed by atoms with Crippen LogP contribution in [0.1, 0.15) is 12.5 Å². The van der Waals surface area contributed by atoms with Gasteiger partial charge in [-0.3, -0.25) is 9.59 Å². The maximum atomic E-state index is 11.9. The third-order valence-electron chi connectivity index (χ3n) is 2.77.